The summed E-state index contributed by atoms with van der Waals surface area (Å²) < 4.78 is 17.4. The molecule has 1 aliphatic heterocycles. The molecule has 1 aliphatic carbocycles. The van der Waals surface area contributed by atoms with Crippen LogP contribution >= 0.6 is 0 Å². The maximum Gasteiger partial charge on any atom is 0.169 e. The van der Waals surface area contributed by atoms with Crippen LogP contribution < -0.4 is 4.74 Å². The van der Waals surface area contributed by atoms with Crippen molar-refractivity contribution >= 4 is 0 Å². The van der Waals surface area contributed by atoms with Gasteiger partial charge in [-0.2, -0.15) is 0 Å². The second-order valence-electron chi connectivity index (χ2n) is 9.07. The van der Waals surface area contributed by atoms with Crippen molar-refractivity contribution in [3.8, 4) is 5.75 Å². The predicted molar refractivity (Wildman–Crippen MR) is 115 cm³/mol. The molecule has 4 rings (SSSR count). The Kier molecular flexibility index (Phi) is 5.95. The Morgan fingerprint density at radius 2 is 1.55 bits per heavy atom. The van der Waals surface area contributed by atoms with E-state index in [2.05, 4.69) is 73.3 Å². The van der Waals surface area contributed by atoms with Crippen LogP contribution in [0.5, 0.6) is 5.75 Å². The largest absolute Gasteiger partial charge is 0.497 e. The second kappa shape index (κ2) is 8.47. The van der Waals surface area contributed by atoms with Gasteiger partial charge in [-0.1, -0.05) is 56.3 Å². The van der Waals surface area contributed by atoms with Crippen molar-refractivity contribution in [2.24, 2.45) is 5.41 Å². The van der Waals surface area contributed by atoms with Gasteiger partial charge in [0, 0.05) is 32.0 Å². The molecular formula is C25H33NO3. The Morgan fingerprint density at radius 3 is 2.14 bits per heavy atom. The van der Waals surface area contributed by atoms with Gasteiger partial charge in [-0.25, -0.2) is 0 Å². The maximum absolute atomic E-state index is 6.05. The van der Waals surface area contributed by atoms with Gasteiger partial charge in [0.1, 0.15) is 5.75 Å². The third kappa shape index (κ3) is 4.66. The van der Waals surface area contributed by atoms with Crippen LogP contribution in [0.4, 0.5) is 0 Å². The zero-order valence-corrected chi connectivity index (χ0v) is 17.9. The van der Waals surface area contributed by atoms with Crippen LogP contribution in [0, 0.1) is 5.41 Å². The monoisotopic (exact) mass is 395 g/mol. The average Bonchev–Trinajstić information content (AvgIpc) is 3.16. The molecule has 0 radical (unpaired) electrons. The zero-order valence-electron chi connectivity index (χ0n) is 17.9. The summed E-state index contributed by atoms with van der Waals surface area (Å²) in [6, 6.07) is 19.7. The van der Waals surface area contributed by atoms with Crippen LogP contribution in [0.1, 0.15) is 44.2 Å². The minimum atomic E-state index is -0.363. The molecule has 29 heavy (non-hydrogen) atoms. The average molecular weight is 396 g/mol. The highest BCUT2D eigenvalue weighted by Crippen LogP contribution is 2.47. The van der Waals surface area contributed by atoms with Gasteiger partial charge >= 0.3 is 0 Å². The molecule has 2 aliphatic rings. The van der Waals surface area contributed by atoms with Crippen molar-refractivity contribution in [3.63, 3.8) is 0 Å². The molecule has 0 bridgehead atoms. The number of methoxy groups -OCH3 is 1. The third-order valence-corrected chi connectivity index (χ3v) is 6.45. The first-order chi connectivity index (χ1) is 14.0. The summed E-state index contributed by atoms with van der Waals surface area (Å²) in [6.07, 6.45) is 2.99. The Morgan fingerprint density at radius 1 is 0.931 bits per heavy atom. The molecule has 1 unspecified atom stereocenters. The lowest BCUT2D eigenvalue weighted by molar-refractivity contribution is -0.211. The van der Waals surface area contributed by atoms with Crippen molar-refractivity contribution in [1.29, 1.82) is 0 Å². The molecule has 0 aromatic heterocycles. The molecule has 2 fully saturated rings. The summed E-state index contributed by atoms with van der Waals surface area (Å²) in [4.78, 5) is 2.64. The highest BCUT2D eigenvalue weighted by atomic mass is 16.7. The molecular weight excluding hydrogens is 362 g/mol. The number of benzene rings is 2. The summed E-state index contributed by atoms with van der Waals surface area (Å²) in [7, 11) is 1.71. The van der Waals surface area contributed by atoms with Crippen LogP contribution in [-0.2, 0) is 22.6 Å². The van der Waals surface area contributed by atoms with Crippen molar-refractivity contribution in [3.05, 3.63) is 65.7 Å². The van der Waals surface area contributed by atoms with E-state index < -0.39 is 0 Å². The number of rotatable bonds is 6. The minimum Gasteiger partial charge on any atom is -0.497 e. The molecule has 1 saturated heterocycles. The predicted octanol–water partition coefficient (Wildman–Crippen LogP) is 5.02. The lowest BCUT2D eigenvalue weighted by Crippen LogP contribution is -2.53. The molecule has 2 aromatic rings. The van der Waals surface area contributed by atoms with Crippen LogP contribution in [0.3, 0.4) is 0 Å². The van der Waals surface area contributed by atoms with E-state index in [0.29, 0.717) is 6.04 Å². The van der Waals surface area contributed by atoms with Gasteiger partial charge in [-0.05, 0) is 35.1 Å². The molecule has 1 saturated carbocycles. The van der Waals surface area contributed by atoms with Crippen LogP contribution in [0.25, 0.3) is 0 Å². The van der Waals surface area contributed by atoms with Gasteiger partial charge in [-0.15, -0.1) is 0 Å². The first-order valence-electron chi connectivity index (χ1n) is 10.7. The molecule has 4 nitrogen and oxygen atoms in total. The van der Waals surface area contributed by atoms with Crippen LogP contribution in [0.15, 0.2) is 54.6 Å². The summed E-state index contributed by atoms with van der Waals surface area (Å²) in [5.41, 5.74) is 2.76. The Balaban J connectivity index is 1.56. The fraction of sp³-hybridized carbons (Fsp3) is 0.520. The van der Waals surface area contributed by atoms with Gasteiger partial charge in [0.25, 0.3) is 0 Å². The number of hydrogen-bond acceptors (Lipinski definition) is 4. The van der Waals surface area contributed by atoms with Gasteiger partial charge in [0.05, 0.1) is 20.3 Å². The van der Waals surface area contributed by atoms with E-state index in [1.807, 2.05) is 0 Å². The standard InChI is InChI=1S/C25H33NO3/c1-24(2)19-25(28-15-16-29-25)14-13-23(24)26(17-20-7-5-4-6-8-20)18-21-9-11-22(27-3)12-10-21/h4-12,23H,13-19H2,1-3H3. The molecule has 1 spiro atoms. The molecule has 1 heterocycles. The Labute approximate surface area is 174 Å². The highest BCUT2D eigenvalue weighted by molar-refractivity contribution is 5.27. The Hall–Kier alpha value is -1.88. The smallest absolute Gasteiger partial charge is 0.169 e. The second-order valence-corrected chi connectivity index (χ2v) is 9.07. The van der Waals surface area contributed by atoms with Crippen LogP contribution in [0.2, 0.25) is 0 Å². The zero-order chi connectivity index (χ0) is 20.3. The normalized spacial score (nSPS) is 22.8. The summed E-state index contributed by atoms with van der Waals surface area (Å²) >= 11 is 0. The number of ether oxygens (including phenoxy) is 3. The van der Waals surface area contributed by atoms with Gasteiger partial charge < -0.3 is 14.2 Å². The van der Waals surface area contributed by atoms with Gasteiger partial charge in [0.15, 0.2) is 5.79 Å². The molecule has 2 aromatic carbocycles. The lowest BCUT2D eigenvalue weighted by Gasteiger charge is -2.50. The van der Waals surface area contributed by atoms with E-state index in [0.717, 1.165) is 51.3 Å². The van der Waals surface area contributed by atoms with E-state index in [1.165, 1.54) is 11.1 Å². The Bertz CT molecular complexity index is 781. The molecule has 156 valence electrons. The summed E-state index contributed by atoms with van der Waals surface area (Å²) in [5, 5.41) is 0. The summed E-state index contributed by atoms with van der Waals surface area (Å²) in [5.74, 6) is 0.539. The van der Waals surface area contributed by atoms with Crippen molar-refractivity contribution in [2.45, 2.75) is 58.0 Å². The van der Waals surface area contributed by atoms with Crippen molar-refractivity contribution in [1.82, 2.24) is 4.90 Å². The van der Waals surface area contributed by atoms with E-state index in [9.17, 15) is 0 Å². The SMILES string of the molecule is COc1ccc(CN(Cc2ccccc2)C2CCC3(CC2(C)C)OCCO3)cc1. The quantitative estimate of drug-likeness (QED) is 0.687. The van der Waals surface area contributed by atoms with E-state index in [-0.39, 0.29) is 11.2 Å². The molecule has 0 amide bonds. The van der Waals surface area contributed by atoms with Crippen molar-refractivity contribution < 1.29 is 14.2 Å². The molecule has 0 N–H and O–H groups in total. The van der Waals surface area contributed by atoms with Crippen LogP contribution in [-0.4, -0.2) is 37.1 Å². The maximum atomic E-state index is 6.05. The summed E-state index contributed by atoms with van der Waals surface area (Å²) in [6.45, 7) is 8.04. The van der Waals surface area contributed by atoms with E-state index in [4.69, 9.17) is 14.2 Å². The highest BCUT2D eigenvalue weighted by Gasteiger charge is 2.50. The molecule has 4 heteroatoms. The van der Waals surface area contributed by atoms with Crippen molar-refractivity contribution in [2.75, 3.05) is 20.3 Å². The number of nitrogens with zero attached hydrogens (tertiary/aromatic N) is 1. The van der Waals surface area contributed by atoms with Gasteiger partial charge in [-0.3, -0.25) is 4.90 Å². The first kappa shape index (κ1) is 20.4. The number of hydrogen-bond donors (Lipinski definition) is 0. The lowest BCUT2D eigenvalue weighted by atomic mass is 9.69. The molecule has 1 atom stereocenters. The van der Waals surface area contributed by atoms with E-state index >= 15 is 0 Å². The van der Waals surface area contributed by atoms with E-state index in [1.54, 1.807) is 7.11 Å². The van der Waals surface area contributed by atoms with Gasteiger partial charge in [0.2, 0.25) is 0 Å². The fourth-order valence-electron chi connectivity index (χ4n) is 5.13. The third-order valence-electron chi connectivity index (χ3n) is 6.45. The fourth-order valence-corrected chi connectivity index (χ4v) is 5.13. The first-order valence-corrected chi connectivity index (χ1v) is 10.7. The minimum absolute atomic E-state index is 0.101. The topological polar surface area (TPSA) is 30.9 Å².